The zero-order valence-electron chi connectivity index (χ0n) is 23.4. The van der Waals surface area contributed by atoms with Gasteiger partial charge in [0.2, 0.25) is 5.91 Å². The summed E-state index contributed by atoms with van der Waals surface area (Å²) in [5, 5.41) is 2.45. The van der Waals surface area contributed by atoms with Crippen molar-refractivity contribution in [3.8, 4) is 5.75 Å². The third-order valence-corrected chi connectivity index (χ3v) is 7.39. The number of anilines is 1. The highest BCUT2D eigenvalue weighted by atomic mass is 32.2. The number of hydrogen-bond donors (Lipinski definition) is 1. The van der Waals surface area contributed by atoms with Crippen LogP contribution in [0.15, 0.2) is 89.8 Å². The molecule has 0 radical (unpaired) electrons. The van der Waals surface area contributed by atoms with Crippen LogP contribution < -0.4 is 15.0 Å². The van der Waals surface area contributed by atoms with E-state index >= 15 is 0 Å². The van der Waals surface area contributed by atoms with Gasteiger partial charge >= 0.3 is 12.1 Å². The third-order valence-electron chi connectivity index (χ3n) is 5.63. The lowest BCUT2D eigenvalue weighted by atomic mass is 10.2. The maximum Gasteiger partial charge on any atom is 0.415 e. The number of esters is 1. The quantitative estimate of drug-likeness (QED) is 0.334. The molecule has 0 aliphatic carbocycles. The van der Waals surface area contributed by atoms with Gasteiger partial charge in [-0.05, 0) is 62.7 Å². The van der Waals surface area contributed by atoms with Gasteiger partial charge in [0, 0.05) is 5.69 Å². The van der Waals surface area contributed by atoms with Crippen LogP contribution in [-0.2, 0) is 35.5 Å². The molecular formula is C30H34N2O8S. The Bertz CT molecular complexity index is 1420. The van der Waals surface area contributed by atoms with Gasteiger partial charge in [0.05, 0.1) is 17.8 Å². The number of nitrogens with zero attached hydrogens (tertiary/aromatic N) is 1. The van der Waals surface area contributed by atoms with Crippen LogP contribution in [0.1, 0.15) is 26.3 Å². The molecule has 0 saturated heterocycles. The van der Waals surface area contributed by atoms with Gasteiger partial charge in [0.15, 0.2) is 9.84 Å². The van der Waals surface area contributed by atoms with Gasteiger partial charge in [-0.15, -0.1) is 0 Å². The van der Waals surface area contributed by atoms with E-state index in [-0.39, 0.29) is 11.5 Å². The van der Waals surface area contributed by atoms with E-state index in [1.165, 1.54) is 31.4 Å². The molecule has 0 aliphatic rings. The van der Waals surface area contributed by atoms with E-state index in [9.17, 15) is 22.8 Å². The van der Waals surface area contributed by atoms with E-state index in [1.807, 2.05) is 0 Å². The van der Waals surface area contributed by atoms with Crippen molar-refractivity contribution in [1.29, 1.82) is 0 Å². The van der Waals surface area contributed by atoms with Crippen molar-refractivity contribution in [2.75, 3.05) is 24.3 Å². The fourth-order valence-electron chi connectivity index (χ4n) is 3.67. The first-order valence-electron chi connectivity index (χ1n) is 12.8. The molecule has 1 unspecified atom stereocenters. The summed E-state index contributed by atoms with van der Waals surface area (Å²) in [6.07, 6.45) is -0.784. The average molecular weight is 583 g/mol. The van der Waals surface area contributed by atoms with Crippen LogP contribution in [0.25, 0.3) is 0 Å². The van der Waals surface area contributed by atoms with Gasteiger partial charge in [-0.1, -0.05) is 48.5 Å². The number of ether oxygens (including phenoxy) is 3. The van der Waals surface area contributed by atoms with Crippen LogP contribution in [-0.4, -0.2) is 57.4 Å². The maximum absolute atomic E-state index is 13.2. The molecule has 3 rings (SSSR count). The van der Waals surface area contributed by atoms with E-state index in [2.05, 4.69) is 5.32 Å². The molecule has 0 aliphatic heterocycles. The molecule has 0 spiro atoms. The molecule has 218 valence electrons. The molecule has 2 amide bonds. The maximum atomic E-state index is 13.2. The third kappa shape index (κ3) is 9.64. The number of methoxy groups -OCH3 is 1. The number of carbonyl (C=O) groups excluding carboxylic acids is 3. The fourth-order valence-corrected chi connectivity index (χ4v) is 5.07. The van der Waals surface area contributed by atoms with Crippen molar-refractivity contribution in [3.05, 3.63) is 90.5 Å². The van der Waals surface area contributed by atoms with Gasteiger partial charge in [0.1, 0.15) is 30.5 Å². The van der Waals surface area contributed by atoms with Crippen molar-refractivity contribution in [3.63, 3.8) is 0 Å². The molecular weight excluding hydrogens is 548 g/mol. The Hall–Kier alpha value is -4.38. The SMILES string of the molecule is COc1ccc(S(=O)(=O)CC(NC(=O)CN(C(=O)OC(C)(C)C)c2ccccc2)C(=O)OCc2ccccc2)cc1. The lowest BCUT2D eigenvalue weighted by Gasteiger charge is -2.27. The molecule has 3 aromatic carbocycles. The van der Waals surface area contributed by atoms with Crippen LogP contribution in [0.2, 0.25) is 0 Å². The number of carbonyl (C=O) groups is 3. The van der Waals surface area contributed by atoms with E-state index < -0.39 is 51.7 Å². The first-order chi connectivity index (χ1) is 19.4. The van der Waals surface area contributed by atoms with Crippen LogP contribution >= 0.6 is 0 Å². The molecule has 0 heterocycles. The van der Waals surface area contributed by atoms with Gasteiger partial charge in [-0.25, -0.2) is 18.0 Å². The highest BCUT2D eigenvalue weighted by molar-refractivity contribution is 7.91. The molecule has 0 fully saturated rings. The van der Waals surface area contributed by atoms with Crippen molar-refractivity contribution >= 4 is 33.5 Å². The molecule has 0 bridgehead atoms. The minimum absolute atomic E-state index is 0.0620. The number of hydrogen-bond acceptors (Lipinski definition) is 8. The predicted molar refractivity (Wildman–Crippen MR) is 153 cm³/mol. The summed E-state index contributed by atoms with van der Waals surface area (Å²) in [6.45, 7) is 4.41. The molecule has 11 heteroatoms. The molecule has 1 N–H and O–H groups in total. The standard InChI is InChI=1S/C30H34N2O8S/c1-30(2,3)40-29(35)32(23-13-9-6-10-14-23)19-27(33)31-26(28(34)39-20-22-11-7-5-8-12-22)21-41(36,37)25-17-15-24(38-4)16-18-25/h5-18,26H,19-21H2,1-4H3,(H,31,33). The fraction of sp³-hybridized carbons (Fsp3) is 0.300. The summed E-state index contributed by atoms with van der Waals surface area (Å²) >= 11 is 0. The zero-order chi connectivity index (χ0) is 30.0. The van der Waals surface area contributed by atoms with Crippen LogP contribution in [0.4, 0.5) is 10.5 Å². The van der Waals surface area contributed by atoms with Crippen molar-refractivity contribution in [2.24, 2.45) is 0 Å². The van der Waals surface area contributed by atoms with Crippen LogP contribution in [0.5, 0.6) is 5.75 Å². The van der Waals surface area contributed by atoms with Gasteiger partial charge in [-0.3, -0.25) is 9.69 Å². The number of sulfone groups is 1. The Kier molecular flexibility index (Phi) is 10.5. The second-order valence-electron chi connectivity index (χ2n) is 10.1. The Labute approximate surface area is 240 Å². The molecule has 0 aromatic heterocycles. The number of para-hydroxylation sites is 1. The highest BCUT2D eigenvalue weighted by Crippen LogP contribution is 2.20. The Morgan fingerprint density at radius 1 is 0.878 bits per heavy atom. The Morgan fingerprint density at radius 3 is 2.02 bits per heavy atom. The van der Waals surface area contributed by atoms with E-state index in [0.29, 0.717) is 17.0 Å². The summed E-state index contributed by atoms with van der Waals surface area (Å²) in [5.41, 5.74) is 0.228. The van der Waals surface area contributed by atoms with Crippen LogP contribution in [0.3, 0.4) is 0 Å². The number of rotatable bonds is 11. The van der Waals surface area contributed by atoms with E-state index in [1.54, 1.807) is 81.4 Å². The number of amides is 2. The first-order valence-corrected chi connectivity index (χ1v) is 14.5. The number of benzene rings is 3. The predicted octanol–water partition coefficient (Wildman–Crippen LogP) is 4.14. The van der Waals surface area contributed by atoms with Crippen molar-refractivity contribution < 1.29 is 37.0 Å². The monoisotopic (exact) mass is 582 g/mol. The topological polar surface area (TPSA) is 128 Å². The van der Waals surface area contributed by atoms with Gasteiger partial charge < -0.3 is 19.5 Å². The summed E-state index contributed by atoms with van der Waals surface area (Å²) < 4.78 is 42.4. The second kappa shape index (κ2) is 13.8. The Morgan fingerprint density at radius 2 is 1.46 bits per heavy atom. The van der Waals surface area contributed by atoms with Crippen molar-refractivity contribution in [2.45, 2.75) is 43.9 Å². The molecule has 10 nitrogen and oxygen atoms in total. The lowest BCUT2D eigenvalue weighted by Crippen LogP contribution is -2.50. The summed E-state index contributed by atoms with van der Waals surface area (Å²) in [7, 11) is -2.60. The zero-order valence-corrected chi connectivity index (χ0v) is 24.2. The second-order valence-corrected chi connectivity index (χ2v) is 12.1. The average Bonchev–Trinajstić information content (AvgIpc) is 2.94. The molecule has 41 heavy (non-hydrogen) atoms. The van der Waals surface area contributed by atoms with Crippen LogP contribution in [0, 0.1) is 0 Å². The summed E-state index contributed by atoms with van der Waals surface area (Å²) in [6, 6.07) is 21.3. The summed E-state index contributed by atoms with van der Waals surface area (Å²) in [4.78, 5) is 40.3. The van der Waals surface area contributed by atoms with E-state index in [4.69, 9.17) is 14.2 Å². The number of nitrogens with one attached hydrogen (secondary N) is 1. The van der Waals surface area contributed by atoms with Crippen molar-refractivity contribution in [1.82, 2.24) is 5.32 Å². The smallest absolute Gasteiger partial charge is 0.415 e. The Balaban J connectivity index is 1.83. The highest BCUT2D eigenvalue weighted by Gasteiger charge is 2.32. The van der Waals surface area contributed by atoms with E-state index in [0.717, 1.165) is 4.90 Å². The lowest BCUT2D eigenvalue weighted by molar-refractivity contribution is -0.148. The first kappa shape index (κ1) is 31.2. The molecule has 0 saturated carbocycles. The van der Waals surface area contributed by atoms with Gasteiger partial charge in [-0.2, -0.15) is 0 Å². The summed E-state index contributed by atoms with van der Waals surface area (Å²) in [5.74, 6) is -2.04. The largest absolute Gasteiger partial charge is 0.497 e. The molecule has 1 atom stereocenters. The minimum atomic E-state index is -4.06. The minimum Gasteiger partial charge on any atom is -0.497 e. The normalized spacial score (nSPS) is 12.1. The van der Waals surface area contributed by atoms with Gasteiger partial charge in [0.25, 0.3) is 0 Å². The molecule has 3 aromatic rings.